The molecule has 0 bridgehead atoms. The Morgan fingerprint density at radius 2 is 2.21 bits per heavy atom. The second-order valence-corrected chi connectivity index (χ2v) is 5.42. The van der Waals surface area contributed by atoms with E-state index in [4.69, 9.17) is 5.73 Å². The average Bonchev–Trinajstić information content (AvgIpc) is 2.70. The van der Waals surface area contributed by atoms with Gasteiger partial charge in [-0.05, 0) is 26.0 Å². The van der Waals surface area contributed by atoms with Gasteiger partial charge in [-0.3, -0.25) is 0 Å². The lowest BCUT2D eigenvalue weighted by atomic mass is 10.3. The fourth-order valence-electron chi connectivity index (χ4n) is 1.16. The minimum absolute atomic E-state index is 0.0288. The summed E-state index contributed by atoms with van der Waals surface area (Å²) in [5, 5.41) is 3.12. The highest BCUT2D eigenvalue weighted by molar-refractivity contribution is 7.21. The van der Waals surface area contributed by atoms with E-state index in [1.165, 1.54) is 9.75 Å². The number of thiazole rings is 1. The Labute approximate surface area is 91.4 Å². The van der Waals surface area contributed by atoms with Crippen molar-refractivity contribution in [2.45, 2.75) is 19.9 Å². The number of hydrogen-bond donors (Lipinski definition) is 1. The highest BCUT2D eigenvalue weighted by Crippen LogP contribution is 2.31. The summed E-state index contributed by atoms with van der Waals surface area (Å²) in [7, 11) is 0. The molecule has 74 valence electrons. The zero-order valence-electron chi connectivity index (χ0n) is 8.15. The fourth-order valence-corrected chi connectivity index (χ4v) is 3.02. The van der Waals surface area contributed by atoms with Gasteiger partial charge in [-0.15, -0.1) is 22.7 Å². The van der Waals surface area contributed by atoms with Crippen molar-refractivity contribution < 1.29 is 0 Å². The fraction of sp³-hybridized carbons (Fsp3) is 0.300. The third kappa shape index (κ3) is 1.87. The number of hydrogen-bond acceptors (Lipinski definition) is 4. The van der Waals surface area contributed by atoms with Crippen LogP contribution in [0.5, 0.6) is 0 Å². The minimum Gasteiger partial charge on any atom is -0.323 e. The van der Waals surface area contributed by atoms with Gasteiger partial charge in [0, 0.05) is 16.3 Å². The monoisotopic (exact) mass is 224 g/mol. The first-order chi connectivity index (χ1) is 6.66. The highest BCUT2D eigenvalue weighted by atomic mass is 32.1. The number of aromatic nitrogens is 1. The molecule has 2 heterocycles. The summed E-state index contributed by atoms with van der Waals surface area (Å²) in [4.78, 5) is 7.05. The number of nitrogens with two attached hydrogens (primary N) is 1. The molecule has 0 aliphatic rings. The number of rotatable bonds is 2. The maximum Gasteiger partial charge on any atom is 0.133 e. The Balaban J connectivity index is 2.33. The maximum absolute atomic E-state index is 5.76. The minimum atomic E-state index is 0.0288. The average molecular weight is 224 g/mol. The van der Waals surface area contributed by atoms with E-state index >= 15 is 0 Å². The molecule has 0 spiro atoms. The first-order valence-corrected chi connectivity index (χ1v) is 6.14. The molecule has 0 amide bonds. The van der Waals surface area contributed by atoms with Gasteiger partial charge in [-0.2, -0.15) is 0 Å². The molecule has 0 aromatic carbocycles. The van der Waals surface area contributed by atoms with Gasteiger partial charge >= 0.3 is 0 Å². The molecular weight excluding hydrogens is 212 g/mol. The standard InChI is InChI=1S/C10H12N2S2/c1-6-3-4-9(14-6)10-12-8(5-13-10)7(2)11/h3-5,7H,11H2,1-2H3. The highest BCUT2D eigenvalue weighted by Gasteiger charge is 2.08. The van der Waals surface area contributed by atoms with Crippen molar-refractivity contribution in [1.82, 2.24) is 4.98 Å². The molecule has 0 aliphatic heterocycles. The van der Waals surface area contributed by atoms with Crippen molar-refractivity contribution >= 4 is 22.7 Å². The van der Waals surface area contributed by atoms with E-state index in [2.05, 4.69) is 24.0 Å². The molecule has 2 nitrogen and oxygen atoms in total. The van der Waals surface area contributed by atoms with Crippen LogP contribution in [-0.4, -0.2) is 4.98 Å². The summed E-state index contributed by atoms with van der Waals surface area (Å²) in [5.41, 5.74) is 6.74. The first-order valence-electron chi connectivity index (χ1n) is 4.44. The van der Waals surface area contributed by atoms with Gasteiger partial charge in [0.05, 0.1) is 10.6 Å². The molecule has 2 rings (SSSR count). The van der Waals surface area contributed by atoms with Crippen LogP contribution in [0, 0.1) is 6.92 Å². The van der Waals surface area contributed by atoms with Crippen LogP contribution < -0.4 is 5.73 Å². The molecule has 0 saturated heterocycles. The van der Waals surface area contributed by atoms with Gasteiger partial charge in [0.1, 0.15) is 5.01 Å². The lowest BCUT2D eigenvalue weighted by Gasteiger charge is -1.96. The van der Waals surface area contributed by atoms with E-state index in [0.29, 0.717) is 0 Å². The lowest BCUT2D eigenvalue weighted by Crippen LogP contribution is -2.04. The molecule has 2 N–H and O–H groups in total. The molecular formula is C10H12N2S2. The van der Waals surface area contributed by atoms with E-state index in [1.54, 1.807) is 22.7 Å². The Kier molecular flexibility index (Phi) is 2.67. The van der Waals surface area contributed by atoms with Crippen molar-refractivity contribution in [3.05, 3.63) is 28.1 Å². The Morgan fingerprint density at radius 3 is 2.71 bits per heavy atom. The third-order valence-electron chi connectivity index (χ3n) is 1.94. The second-order valence-electron chi connectivity index (χ2n) is 3.28. The van der Waals surface area contributed by atoms with Gasteiger partial charge in [0.2, 0.25) is 0 Å². The second kappa shape index (κ2) is 3.81. The molecule has 0 fully saturated rings. The predicted molar refractivity (Wildman–Crippen MR) is 62.8 cm³/mol. The topological polar surface area (TPSA) is 38.9 Å². The zero-order valence-corrected chi connectivity index (χ0v) is 9.78. The smallest absolute Gasteiger partial charge is 0.133 e. The van der Waals surface area contributed by atoms with Gasteiger partial charge in [-0.1, -0.05) is 0 Å². The molecule has 14 heavy (non-hydrogen) atoms. The summed E-state index contributed by atoms with van der Waals surface area (Å²) in [6, 6.07) is 4.26. The van der Waals surface area contributed by atoms with Crippen LogP contribution in [-0.2, 0) is 0 Å². The van der Waals surface area contributed by atoms with Gasteiger partial charge in [0.25, 0.3) is 0 Å². The quantitative estimate of drug-likeness (QED) is 0.850. The largest absolute Gasteiger partial charge is 0.323 e. The zero-order chi connectivity index (χ0) is 10.1. The molecule has 2 aromatic heterocycles. The molecule has 0 radical (unpaired) electrons. The Bertz CT molecular complexity index is 429. The van der Waals surface area contributed by atoms with E-state index in [1.807, 2.05) is 12.3 Å². The van der Waals surface area contributed by atoms with Crippen LogP contribution in [0.25, 0.3) is 9.88 Å². The summed E-state index contributed by atoms with van der Waals surface area (Å²) >= 11 is 3.44. The first kappa shape index (κ1) is 9.83. The molecule has 2 aromatic rings. The molecule has 4 heteroatoms. The van der Waals surface area contributed by atoms with Gasteiger partial charge < -0.3 is 5.73 Å². The third-order valence-corrected chi connectivity index (χ3v) is 3.97. The predicted octanol–water partition coefficient (Wildman–Crippen LogP) is 3.20. The van der Waals surface area contributed by atoms with Crippen molar-refractivity contribution in [3.63, 3.8) is 0 Å². The lowest BCUT2D eigenvalue weighted by molar-refractivity contribution is 0.790. The molecule has 1 atom stereocenters. The summed E-state index contributed by atoms with van der Waals surface area (Å²) in [6.45, 7) is 4.06. The summed E-state index contributed by atoms with van der Waals surface area (Å²) in [5.74, 6) is 0. The Morgan fingerprint density at radius 1 is 1.43 bits per heavy atom. The summed E-state index contributed by atoms with van der Waals surface area (Å²) < 4.78 is 0. The normalized spacial score (nSPS) is 13.1. The van der Waals surface area contributed by atoms with Gasteiger partial charge in [-0.25, -0.2) is 4.98 Å². The number of nitrogens with zero attached hydrogens (tertiary/aromatic N) is 1. The molecule has 0 saturated carbocycles. The van der Waals surface area contributed by atoms with Crippen molar-refractivity contribution in [2.75, 3.05) is 0 Å². The van der Waals surface area contributed by atoms with Crippen LogP contribution in [0.3, 0.4) is 0 Å². The van der Waals surface area contributed by atoms with Crippen molar-refractivity contribution in [1.29, 1.82) is 0 Å². The molecule has 1 unspecified atom stereocenters. The summed E-state index contributed by atoms with van der Waals surface area (Å²) in [6.07, 6.45) is 0. The number of aryl methyl sites for hydroxylation is 1. The van der Waals surface area contributed by atoms with Crippen molar-refractivity contribution in [2.24, 2.45) is 5.73 Å². The van der Waals surface area contributed by atoms with Crippen LogP contribution in [0.1, 0.15) is 23.5 Å². The molecule has 0 aliphatic carbocycles. The van der Waals surface area contributed by atoms with Crippen LogP contribution in [0.4, 0.5) is 0 Å². The van der Waals surface area contributed by atoms with E-state index in [9.17, 15) is 0 Å². The van der Waals surface area contributed by atoms with E-state index < -0.39 is 0 Å². The van der Waals surface area contributed by atoms with Crippen LogP contribution in [0.15, 0.2) is 17.5 Å². The Hall–Kier alpha value is -0.710. The maximum atomic E-state index is 5.76. The van der Waals surface area contributed by atoms with Crippen LogP contribution >= 0.6 is 22.7 Å². The van der Waals surface area contributed by atoms with Gasteiger partial charge in [0.15, 0.2) is 0 Å². The number of thiophene rings is 1. The van der Waals surface area contributed by atoms with Crippen molar-refractivity contribution in [3.8, 4) is 9.88 Å². The van der Waals surface area contributed by atoms with E-state index in [0.717, 1.165) is 10.7 Å². The van der Waals surface area contributed by atoms with E-state index in [-0.39, 0.29) is 6.04 Å². The van der Waals surface area contributed by atoms with Crippen LogP contribution in [0.2, 0.25) is 0 Å². The SMILES string of the molecule is Cc1ccc(-c2nc(C(C)N)cs2)s1.